The highest BCUT2D eigenvalue weighted by Crippen LogP contribution is 2.12. The first kappa shape index (κ1) is 7.79. The fraction of sp³-hybridized carbons (Fsp3) is 0. The van der Waals surface area contributed by atoms with E-state index in [0.29, 0.717) is 14.7 Å². The van der Waals surface area contributed by atoms with Crippen LogP contribution in [0.15, 0.2) is 39.5 Å². The van der Waals surface area contributed by atoms with Gasteiger partial charge in [0, 0.05) is 6.07 Å². The molecular weight excluding hydrogens is 267 g/mol. The fourth-order valence-electron chi connectivity index (χ4n) is 1.07. The second kappa shape index (κ2) is 2.90. The number of hydrogen-bond acceptors (Lipinski definition) is 2. The molecule has 1 heterocycles. The van der Waals surface area contributed by atoms with Gasteiger partial charge in [0.15, 0.2) is 9.20 Å². The average molecular weight is 272 g/mol. The van der Waals surface area contributed by atoms with E-state index in [1.165, 1.54) is 6.07 Å². The van der Waals surface area contributed by atoms with Gasteiger partial charge in [-0.1, -0.05) is 12.1 Å². The lowest BCUT2D eigenvalue weighted by molar-refractivity contribution is 0.570. The van der Waals surface area contributed by atoms with Crippen LogP contribution in [0.25, 0.3) is 11.0 Å². The van der Waals surface area contributed by atoms with Gasteiger partial charge in [0.2, 0.25) is 0 Å². The molecule has 1 aromatic heterocycles. The standard InChI is InChI=1S/C9H5IO2/c10-9-5-7(11)6-3-1-2-4-8(6)12-9/h1-5H. The first-order chi connectivity index (χ1) is 5.77. The molecule has 0 atom stereocenters. The average Bonchev–Trinajstić information content (AvgIpc) is 2.04. The van der Waals surface area contributed by atoms with Gasteiger partial charge in [-0.3, -0.25) is 4.79 Å². The molecule has 0 aliphatic carbocycles. The van der Waals surface area contributed by atoms with Crippen molar-refractivity contribution in [3.05, 3.63) is 44.3 Å². The van der Waals surface area contributed by atoms with Gasteiger partial charge < -0.3 is 4.42 Å². The number of hydrogen-bond donors (Lipinski definition) is 0. The van der Waals surface area contributed by atoms with Crippen LogP contribution in [0.2, 0.25) is 0 Å². The van der Waals surface area contributed by atoms with Crippen molar-refractivity contribution in [2.24, 2.45) is 0 Å². The Morgan fingerprint density at radius 1 is 1.25 bits per heavy atom. The summed E-state index contributed by atoms with van der Waals surface area (Å²) in [5.74, 6) is 0. The third-order valence-corrected chi connectivity index (χ3v) is 2.14. The predicted octanol–water partition coefficient (Wildman–Crippen LogP) is 2.40. The van der Waals surface area contributed by atoms with Crippen LogP contribution in [0.1, 0.15) is 0 Å². The van der Waals surface area contributed by atoms with Crippen LogP contribution in [-0.4, -0.2) is 0 Å². The summed E-state index contributed by atoms with van der Waals surface area (Å²) in [6.07, 6.45) is 0. The van der Waals surface area contributed by atoms with Gasteiger partial charge in [-0.2, -0.15) is 0 Å². The molecule has 0 saturated heterocycles. The summed E-state index contributed by atoms with van der Waals surface area (Å²) in [6, 6.07) is 8.71. The fourth-order valence-corrected chi connectivity index (χ4v) is 1.59. The summed E-state index contributed by atoms with van der Waals surface area (Å²) in [5.41, 5.74) is 0.663. The first-order valence-corrected chi connectivity index (χ1v) is 4.53. The highest BCUT2D eigenvalue weighted by atomic mass is 127. The lowest BCUT2D eigenvalue weighted by atomic mass is 10.2. The maximum atomic E-state index is 11.3. The van der Waals surface area contributed by atoms with Crippen LogP contribution < -0.4 is 5.43 Å². The van der Waals surface area contributed by atoms with E-state index < -0.39 is 0 Å². The van der Waals surface area contributed by atoms with Crippen LogP contribution in [0.4, 0.5) is 0 Å². The van der Waals surface area contributed by atoms with Crippen molar-refractivity contribution in [2.75, 3.05) is 0 Å². The van der Waals surface area contributed by atoms with Crippen LogP contribution in [0, 0.1) is 3.77 Å². The van der Waals surface area contributed by atoms with Gasteiger partial charge in [0.1, 0.15) is 5.58 Å². The number of halogens is 1. The minimum Gasteiger partial charge on any atom is -0.450 e. The number of rotatable bonds is 0. The van der Waals surface area contributed by atoms with E-state index in [2.05, 4.69) is 0 Å². The van der Waals surface area contributed by atoms with Crippen molar-refractivity contribution in [3.8, 4) is 0 Å². The van der Waals surface area contributed by atoms with Crippen molar-refractivity contribution >= 4 is 33.6 Å². The summed E-state index contributed by atoms with van der Waals surface area (Å²) < 4.78 is 5.95. The lowest BCUT2D eigenvalue weighted by Gasteiger charge is -1.94. The predicted molar refractivity (Wildman–Crippen MR) is 55.2 cm³/mol. The van der Waals surface area contributed by atoms with E-state index >= 15 is 0 Å². The van der Waals surface area contributed by atoms with Crippen molar-refractivity contribution in [1.82, 2.24) is 0 Å². The Hall–Kier alpha value is -0.840. The second-order valence-corrected chi connectivity index (χ2v) is 3.47. The van der Waals surface area contributed by atoms with Crippen LogP contribution in [0.3, 0.4) is 0 Å². The second-order valence-electron chi connectivity index (χ2n) is 2.41. The van der Waals surface area contributed by atoms with E-state index in [4.69, 9.17) is 4.42 Å². The zero-order valence-corrected chi connectivity index (χ0v) is 8.24. The Labute approximate surface area is 82.3 Å². The largest absolute Gasteiger partial charge is 0.450 e. The third-order valence-electron chi connectivity index (χ3n) is 1.60. The molecule has 1 aromatic carbocycles. The molecule has 0 spiro atoms. The Bertz CT molecular complexity index is 473. The number of benzene rings is 1. The van der Waals surface area contributed by atoms with E-state index in [-0.39, 0.29) is 5.43 Å². The Balaban J connectivity index is 2.99. The normalized spacial score (nSPS) is 10.4. The summed E-state index contributed by atoms with van der Waals surface area (Å²) in [5, 5.41) is 0.637. The van der Waals surface area contributed by atoms with E-state index in [1.54, 1.807) is 12.1 Å². The molecule has 0 bridgehead atoms. The zero-order chi connectivity index (χ0) is 8.55. The Kier molecular flexibility index (Phi) is 1.88. The van der Waals surface area contributed by atoms with Crippen LogP contribution in [0.5, 0.6) is 0 Å². The minimum absolute atomic E-state index is 0.0150. The van der Waals surface area contributed by atoms with Gasteiger partial charge >= 0.3 is 0 Å². The SMILES string of the molecule is O=c1cc(I)oc2ccccc12. The smallest absolute Gasteiger partial charge is 0.193 e. The van der Waals surface area contributed by atoms with Gasteiger partial charge in [-0.05, 0) is 34.7 Å². The maximum Gasteiger partial charge on any atom is 0.193 e. The minimum atomic E-state index is 0.0150. The van der Waals surface area contributed by atoms with Crippen LogP contribution in [-0.2, 0) is 0 Å². The Morgan fingerprint density at radius 2 is 2.00 bits per heavy atom. The molecule has 3 heteroatoms. The van der Waals surface area contributed by atoms with Gasteiger partial charge in [0.25, 0.3) is 0 Å². The molecule has 60 valence electrons. The van der Waals surface area contributed by atoms with Gasteiger partial charge in [-0.25, -0.2) is 0 Å². The molecule has 0 amide bonds. The van der Waals surface area contributed by atoms with E-state index in [1.807, 2.05) is 34.7 Å². The Morgan fingerprint density at radius 3 is 2.83 bits per heavy atom. The molecular formula is C9H5IO2. The first-order valence-electron chi connectivity index (χ1n) is 3.46. The summed E-state index contributed by atoms with van der Waals surface area (Å²) in [4.78, 5) is 11.3. The molecule has 2 aromatic rings. The molecule has 0 saturated carbocycles. The number of fused-ring (bicyclic) bond motifs is 1. The summed E-state index contributed by atoms with van der Waals surface area (Å²) in [6.45, 7) is 0. The highest BCUT2D eigenvalue weighted by molar-refractivity contribution is 14.1. The summed E-state index contributed by atoms with van der Waals surface area (Å²) >= 11 is 1.99. The highest BCUT2D eigenvalue weighted by Gasteiger charge is 1.99. The summed E-state index contributed by atoms with van der Waals surface area (Å²) in [7, 11) is 0. The molecule has 0 N–H and O–H groups in total. The van der Waals surface area contributed by atoms with E-state index in [0.717, 1.165) is 0 Å². The van der Waals surface area contributed by atoms with Crippen molar-refractivity contribution in [1.29, 1.82) is 0 Å². The molecule has 0 radical (unpaired) electrons. The van der Waals surface area contributed by atoms with E-state index in [9.17, 15) is 4.79 Å². The topological polar surface area (TPSA) is 30.2 Å². The maximum absolute atomic E-state index is 11.3. The molecule has 0 fully saturated rings. The quantitative estimate of drug-likeness (QED) is 0.689. The van der Waals surface area contributed by atoms with Crippen molar-refractivity contribution < 1.29 is 4.42 Å². The van der Waals surface area contributed by atoms with Crippen molar-refractivity contribution in [2.45, 2.75) is 0 Å². The molecule has 2 nitrogen and oxygen atoms in total. The zero-order valence-electron chi connectivity index (χ0n) is 6.08. The molecule has 0 aliphatic rings. The van der Waals surface area contributed by atoms with Gasteiger partial charge in [0.05, 0.1) is 5.39 Å². The number of para-hydroxylation sites is 1. The molecule has 12 heavy (non-hydrogen) atoms. The third kappa shape index (κ3) is 1.24. The molecule has 0 aliphatic heterocycles. The van der Waals surface area contributed by atoms with Crippen molar-refractivity contribution in [3.63, 3.8) is 0 Å². The monoisotopic (exact) mass is 272 g/mol. The van der Waals surface area contributed by atoms with Gasteiger partial charge in [-0.15, -0.1) is 0 Å². The van der Waals surface area contributed by atoms with Crippen LogP contribution >= 0.6 is 22.6 Å². The molecule has 0 unspecified atom stereocenters. The lowest BCUT2D eigenvalue weighted by Crippen LogP contribution is -1.99. The molecule has 2 rings (SSSR count).